The van der Waals surface area contributed by atoms with Gasteiger partial charge in [0.05, 0.1) is 4.47 Å². The second kappa shape index (κ2) is 5.07. The molecule has 1 aliphatic carbocycles. The van der Waals surface area contributed by atoms with Gasteiger partial charge >= 0.3 is 0 Å². The molecular formula is C13H17BrN4O. The standard InChI is InChI=1S/C13H17BrN4O/c1-17(12(19)10-2-3-10)6-9-7-18(8-9)13-15-4-11(14)5-16-13/h4-5,9-10H,2-3,6-8H2,1H3. The van der Waals surface area contributed by atoms with E-state index >= 15 is 0 Å². The van der Waals surface area contributed by atoms with Gasteiger partial charge in [-0.15, -0.1) is 0 Å². The van der Waals surface area contributed by atoms with Crippen LogP contribution in [0.15, 0.2) is 16.9 Å². The van der Waals surface area contributed by atoms with Gasteiger partial charge in [0.2, 0.25) is 11.9 Å². The molecule has 1 saturated heterocycles. The first-order chi connectivity index (χ1) is 9.13. The van der Waals surface area contributed by atoms with Gasteiger partial charge < -0.3 is 9.80 Å². The lowest BCUT2D eigenvalue weighted by Gasteiger charge is -2.40. The average molecular weight is 325 g/mol. The van der Waals surface area contributed by atoms with Gasteiger partial charge in [0.25, 0.3) is 0 Å². The van der Waals surface area contributed by atoms with Crippen molar-refractivity contribution in [2.24, 2.45) is 11.8 Å². The first-order valence-electron chi connectivity index (χ1n) is 6.61. The molecule has 2 aliphatic rings. The summed E-state index contributed by atoms with van der Waals surface area (Å²) in [5, 5.41) is 0. The Bertz CT molecular complexity index is 468. The SMILES string of the molecule is CN(CC1CN(c2ncc(Br)cn2)C1)C(=O)C1CC1. The van der Waals surface area contributed by atoms with E-state index in [0.29, 0.717) is 17.7 Å². The van der Waals surface area contributed by atoms with E-state index in [-0.39, 0.29) is 0 Å². The highest BCUT2D eigenvalue weighted by molar-refractivity contribution is 9.10. The first-order valence-corrected chi connectivity index (χ1v) is 7.40. The first kappa shape index (κ1) is 12.8. The minimum Gasteiger partial charge on any atom is -0.345 e. The number of aromatic nitrogens is 2. The number of hydrogen-bond acceptors (Lipinski definition) is 4. The van der Waals surface area contributed by atoms with Crippen LogP contribution in [0.5, 0.6) is 0 Å². The van der Waals surface area contributed by atoms with E-state index in [4.69, 9.17) is 0 Å². The van der Waals surface area contributed by atoms with Crippen molar-refractivity contribution in [1.82, 2.24) is 14.9 Å². The van der Waals surface area contributed by atoms with E-state index in [1.54, 1.807) is 12.4 Å². The van der Waals surface area contributed by atoms with Crippen molar-refractivity contribution in [3.63, 3.8) is 0 Å². The van der Waals surface area contributed by atoms with Crippen molar-refractivity contribution < 1.29 is 4.79 Å². The summed E-state index contributed by atoms with van der Waals surface area (Å²) in [5.41, 5.74) is 0. The largest absolute Gasteiger partial charge is 0.345 e. The van der Waals surface area contributed by atoms with Gasteiger partial charge in [0.15, 0.2) is 0 Å². The smallest absolute Gasteiger partial charge is 0.225 e. The molecule has 0 aromatic carbocycles. The van der Waals surface area contributed by atoms with Crippen LogP contribution >= 0.6 is 15.9 Å². The molecule has 1 amide bonds. The third kappa shape index (κ3) is 2.88. The maximum atomic E-state index is 11.9. The molecule has 2 fully saturated rings. The van der Waals surface area contributed by atoms with E-state index in [2.05, 4.69) is 30.8 Å². The van der Waals surface area contributed by atoms with Crippen LogP contribution in [0.4, 0.5) is 5.95 Å². The minimum atomic E-state index is 0.316. The Morgan fingerprint density at radius 2 is 2.05 bits per heavy atom. The monoisotopic (exact) mass is 324 g/mol. The van der Waals surface area contributed by atoms with E-state index in [1.807, 2.05) is 11.9 Å². The topological polar surface area (TPSA) is 49.3 Å². The summed E-state index contributed by atoms with van der Waals surface area (Å²) >= 11 is 3.33. The lowest BCUT2D eigenvalue weighted by molar-refractivity contribution is -0.131. The molecule has 2 heterocycles. The van der Waals surface area contributed by atoms with Crippen LogP contribution in [0, 0.1) is 11.8 Å². The Hall–Kier alpha value is -1.17. The highest BCUT2D eigenvalue weighted by atomic mass is 79.9. The van der Waals surface area contributed by atoms with Crippen LogP contribution in [-0.2, 0) is 4.79 Å². The van der Waals surface area contributed by atoms with Crippen molar-refractivity contribution in [3.8, 4) is 0 Å². The van der Waals surface area contributed by atoms with Gasteiger partial charge in [0, 0.05) is 50.9 Å². The number of carbonyl (C=O) groups excluding carboxylic acids is 1. The number of anilines is 1. The molecule has 0 spiro atoms. The van der Waals surface area contributed by atoms with Crippen LogP contribution in [-0.4, -0.2) is 47.5 Å². The molecule has 0 N–H and O–H groups in total. The lowest BCUT2D eigenvalue weighted by Crippen LogP contribution is -2.52. The minimum absolute atomic E-state index is 0.316. The van der Waals surface area contributed by atoms with E-state index in [1.165, 1.54) is 0 Å². The van der Waals surface area contributed by atoms with Gasteiger partial charge in [-0.2, -0.15) is 0 Å². The zero-order chi connectivity index (χ0) is 13.4. The molecule has 1 saturated carbocycles. The Balaban J connectivity index is 1.47. The number of rotatable bonds is 4. The van der Waals surface area contributed by atoms with Crippen LogP contribution in [0.3, 0.4) is 0 Å². The van der Waals surface area contributed by atoms with Crippen LogP contribution in [0.1, 0.15) is 12.8 Å². The Kier molecular flexibility index (Phi) is 3.43. The summed E-state index contributed by atoms with van der Waals surface area (Å²) in [6.07, 6.45) is 5.68. The predicted octanol–water partition coefficient (Wildman–Crippen LogP) is 1.54. The van der Waals surface area contributed by atoms with Gasteiger partial charge in [0.1, 0.15) is 0 Å². The molecule has 102 valence electrons. The van der Waals surface area contributed by atoms with Crippen LogP contribution in [0.25, 0.3) is 0 Å². The number of carbonyl (C=O) groups is 1. The molecular weight excluding hydrogens is 308 g/mol. The van der Waals surface area contributed by atoms with Crippen molar-refractivity contribution in [1.29, 1.82) is 0 Å². The quantitative estimate of drug-likeness (QED) is 0.843. The third-order valence-corrected chi connectivity index (χ3v) is 4.09. The highest BCUT2D eigenvalue weighted by Crippen LogP contribution is 2.31. The fourth-order valence-corrected chi connectivity index (χ4v) is 2.64. The number of hydrogen-bond donors (Lipinski definition) is 0. The normalized spacial score (nSPS) is 19.2. The summed E-state index contributed by atoms with van der Waals surface area (Å²) in [6, 6.07) is 0. The summed E-state index contributed by atoms with van der Waals surface area (Å²) < 4.78 is 0.892. The second-order valence-corrected chi connectivity index (χ2v) is 6.38. The summed E-state index contributed by atoms with van der Waals surface area (Å²) in [5.74, 6) is 1.95. The Morgan fingerprint density at radius 1 is 1.42 bits per heavy atom. The fraction of sp³-hybridized carbons (Fsp3) is 0.615. The maximum absolute atomic E-state index is 11.9. The number of halogens is 1. The summed E-state index contributed by atoms with van der Waals surface area (Å²) in [7, 11) is 1.92. The maximum Gasteiger partial charge on any atom is 0.225 e. The molecule has 0 unspecified atom stereocenters. The number of amides is 1. The molecule has 1 aromatic heterocycles. The molecule has 0 atom stereocenters. The molecule has 6 heteroatoms. The van der Waals surface area contributed by atoms with Crippen LogP contribution in [0.2, 0.25) is 0 Å². The lowest BCUT2D eigenvalue weighted by atomic mass is 10.00. The molecule has 3 rings (SSSR count). The summed E-state index contributed by atoms with van der Waals surface area (Å²) in [4.78, 5) is 24.4. The van der Waals surface area contributed by atoms with Gasteiger partial charge in [-0.3, -0.25) is 4.79 Å². The third-order valence-electron chi connectivity index (χ3n) is 3.68. The molecule has 0 bridgehead atoms. The van der Waals surface area contributed by atoms with Gasteiger partial charge in [-0.05, 0) is 28.8 Å². The van der Waals surface area contributed by atoms with Crippen molar-refractivity contribution in [2.45, 2.75) is 12.8 Å². The average Bonchev–Trinajstić information content (AvgIpc) is 3.17. The highest BCUT2D eigenvalue weighted by Gasteiger charge is 2.35. The number of nitrogens with zero attached hydrogens (tertiary/aromatic N) is 4. The Morgan fingerprint density at radius 3 is 2.63 bits per heavy atom. The van der Waals surface area contributed by atoms with Crippen molar-refractivity contribution in [2.75, 3.05) is 31.6 Å². The predicted molar refractivity (Wildman–Crippen MR) is 75.8 cm³/mol. The molecule has 19 heavy (non-hydrogen) atoms. The Labute approximate surface area is 121 Å². The fourth-order valence-electron chi connectivity index (χ4n) is 2.44. The van der Waals surface area contributed by atoms with E-state index < -0.39 is 0 Å². The van der Waals surface area contributed by atoms with E-state index in [9.17, 15) is 4.79 Å². The van der Waals surface area contributed by atoms with Gasteiger partial charge in [-0.25, -0.2) is 9.97 Å². The molecule has 0 radical (unpaired) electrons. The van der Waals surface area contributed by atoms with E-state index in [0.717, 1.165) is 42.9 Å². The summed E-state index contributed by atoms with van der Waals surface area (Å²) in [6.45, 7) is 2.72. The molecule has 5 nitrogen and oxygen atoms in total. The molecule has 1 aliphatic heterocycles. The van der Waals surface area contributed by atoms with Crippen molar-refractivity contribution in [3.05, 3.63) is 16.9 Å². The molecule has 1 aromatic rings. The zero-order valence-corrected chi connectivity index (χ0v) is 12.5. The van der Waals surface area contributed by atoms with Crippen molar-refractivity contribution >= 4 is 27.8 Å². The zero-order valence-electron chi connectivity index (χ0n) is 10.9. The second-order valence-electron chi connectivity index (χ2n) is 5.47. The van der Waals surface area contributed by atoms with Gasteiger partial charge in [-0.1, -0.05) is 0 Å². The van der Waals surface area contributed by atoms with Crippen LogP contribution < -0.4 is 4.90 Å².